The molecule has 0 aliphatic heterocycles. The molecule has 82 valence electrons. The summed E-state index contributed by atoms with van der Waals surface area (Å²) >= 11 is 0. The van der Waals surface area contributed by atoms with E-state index < -0.39 is 11.7 Å². The van der Waals surface area contributed by atoms with Gasteiger partial charge < -0.3 is 15.5 Å². The van der Waals surface area contributed by atoms with Crippen LogP contribution in [0.1, 0.15) is 16.2 Å². The maximum Gasteiger partial charge on any atom is 0.409 e. The van der Waals surface area contributed by atoms with Gasteiger partial charge >= 0.3 is 11.7 Å². The first-order chi connectivity index (χ1) is 7.54. The lowest BCUT2D eigenvalue weighted by Gasteiger charge is -2.08. The quantitative estimate of drug-likeness (QED) is 0.545. The van der Waals surface area contributed by atoms with Gasteiger partial charge in [0.2, 0.25) is 0 Å². The van der Waals surface area contributed by atoms with Crippen molar-refractivity contribution in [1.29, 1.82) is 0 Å². The second-order valence-corrected chi connectivity index (χ2v) is 3.32. The molecule has 0 amide bonds. The van der Waals surface area contributed by atoms with E-state index in [4.69, 9.17) is 5.11 Å². The Labute approximate surface area is 90.2 Å². The lowest BCUT2D eigenvalue weighted by molar-refractivity contribution is -0.635. The van der Waals surface area contributed by atoms with Gasteiger partial charge in [0.1, 0.15) is 0 Å². The highest BCUT2D eigenvalue weighted by atomic mass is 16.5. The van der Waals surface area contributed by atoms with Crippen LogP contribution in [0.3, 0.4) is 0 Å². The molecule has 2 aromatic rings. The van der Waals surface area contributed by atoms with Gasteiger partial charge in [-0.2, -0.15) is 4.73 Å². The van der Waals surface area contributed by atoms with Gasteiger partial charge in [0.15, 0.2) is 0 Å². The zero-order valence-corrected chi connectivity index (χ0v) is 8.38. The van der Waals surface area contributed by atoms with Crippen molar-refractivity contribution in [3.05, 3.63) is 46.1 Å². The average Bonchev–Trinajstić information content (AvgIpc) is 2.26. The van der Waals surface area contributed by atoms with Crippen LogP contribution in [-0.2, 0) is 0 Å². The highest BCUT2D eigenvalue weighted by Crippen LogP contribution is 2.08. The van der Waals surface area contributed by atoms with Crippen LogP contribution in [0.5, 0.6) is 0 Å². The first-order valence-electron chi connectivity index (χ1n) is 4.51. The summed E-state index contributed by atoms with van der Waals surface area (Å²) in [5, 5.41) is 32.3. The number of benzene rings is 1. The van der Waals surface area contributed by atoms with Crippen LogP contribution in [0.2, 0.25) is 0 Å². The first-order valence-corrected chi connectivity index (χ1v) is 4.51. The van der Waals surface area contributed by atoms with Crippen LogP contribution in [0, 0.1) is 17.3 Å². The molecule has 0 radical (unpaired) electrons. The molecule has 1 heterocycles. The van der Waals surface area contributed by atoms with E-state index in [1.54, 1.807) is 12.1 Å². The molecule has 1 aromatic heterocycles. The van der Waals surface area contributed by atoms with Crippen LogP contribution >= 0.6 is 0 Å². The number of rotatable bonds is 1. The number of carbonyl (C=O) groups is 1. The van der Waals surface area contributed by atoms with Gasteiger partial charge in [-0.05, 0) is 0 Å². The predicted molar refractivity (Wildman–Crippen MR) is 53.6 cm³/mol. The number of fused-ring (bicyclic) bond motifs is 1. The third-order valence-corrected chi connectivity index (χ3v) is 2.37. The maximum absolute atomic E-state index is 11.7. The van der Waals surface area contributed by atoms with Crippen molar-refractivity contribution in [2.24, 2.45) is 0 Å². The van der Waals surface area contributed by atoms with E-state index in [9.17, 15) is 15.2 Å². The van der Waals surface area contributed by atoms with E-state index in [2.05, 4.69) is 0 Å². The number of hydrogen-bond acceptors (Lipinski definition) is 3. The minimum absolute atomic E-state index is 0.0421. The fourth-order valence-electron chi connectivity index (χ4n) is 1.59. The number of para-hydroxylation sites is 2. The lowest BCUT2D eigenvalue weighted by Crippen LogP contribution is -2.46. The van der Waals surface area contributed by atoms with Crippen LogP contribution in [0.4, 0.5) is 0 Å². The smallest absolute Gasteiger partial charge is 0.409 e. The molecule has 0 bridgehead atoms. The zero-order chi connectivity index (χ0) is 11.9. The number of carboxylic acid groups (broad SMARTS) is 1. The Hall–Kier alpha value is -2.37. The molecule has 1 N–H and O–H groups in total. The van der Waals surface area contributed by atoms with E-state index >= 15 is 0 Å². The van der Waals surface area contributed by atoms with Gasteiger partial charge in [0, 0.05) is 19.1 Å². The van der Waals surface area contributed by atoms with Crippen LogP contribution in [-0.4, -0.2) is 11.1 Å². The Kier molecular flexibility index (Phi) is 2.12. The largest absolute Gasteiger partial charge is 0.618 e. The molecular weight excluding hydrogens is 212 g/mol. The van der Waals surface area contributed by atoms with Crippen LogP contribution in [0.15, 0.2) is 24.3 Å². The summed E-state index contributed by atoms with van der Waals surface area (Å²) in [6.07, 6.45) is 0. The molecule has 2 rings (SSSR count). The molecule has 0 aliphatic rings. The van der Waals surface area contributed by atoms with Crippen LogP contribution < -0.4 is 9.46 Å². The van der Waals surface area contributed by atoms with Gasteiger partial charge in [0.05, 0.1) is 0 Å². The summed E-state index contributed by atoms with van der Waals surface area (Å²) in [4.78, 5) is 10.9. The van der Waals surface area contributed by atoms with Gasteiger partial charge in [-0.1, -0.05) is 12.1 Å². The lowest BCUT2D eigenvalue weighted by atomic mass is 10.2. The minimum atomic E-state index is -1.41. The molecule has 0 atom stereocenters. The molecule has 0 fully saturated rings. The molecule has 0 spiro atoms. The number of nitrogens with zero attached hydrogens (tertiary/aromatic N) is 2. The van der Waals surface area contributed by atoms with Gasteiger partial charge in [0.25, 0.3) is 16.7 Å². The van der Waals surface area contributed by atoms with Crippen LogP contribution in [0.25, 0.3) is 11.0 Å². The maximum atomic E-state index is 11.7. The molecule has 6 nitrogen and oxygen atoms in total. The second-order valence-electron chi connectivity index (χ2n) is 3.32. The normalized spacial score (nSPS) is 10.6. The molecule has 1 aromatic carbocycles. The van der Waals surface area contributed by atoms with Crippen molar-refractivity contribution >= 4 is 17.0 Å². The first kappa shape index (κ1) is 10.2. The number of aromatic nitrogens is 2. The van der Waals surface area contributed by atoms with Gasteiger partial charge in [-0.3, -0.25) is 0 Å². The van der Waals surface area contributed by atoms with E-state index in [-0.39, 0.29) is 21.5 Å². The summed E-state index contributed by atoms with van der Waals surface area (Å²) < 4.78 is 0.717. The molecule has 0 aliphatic carbocycles. The third kappa shape index (κ3) is 1.23. The molecule has 0 unspecified atom stereocenters. The highest BCUT2D eigenvalue weighted by Gasteiger charge is 2.29. The van der Waals surface area contributed by atoms with Crippen molar-refractivity contribution in [3.8, 4) is 0 Å². The Morgan fingerprint density at radius 1 is 1.19 bits per heavy atom. The highest BCUT2D eigenvalue weighted by molar-refractivity contribution is 5.85. The molecule has 6 heteroatoms. The Morgan fingerprint density at radius 2 is 1.69 bits per heavy atom. The minimum Gasteiger partial charge on any atom is -0.618 e. The van der Waals surface area contributed by atoms with E-state index in [1.165, 1.54) is 19.1 Å². The predicted octanol–water partition coefficient (Wildman–Crippen LogP) is 0.113. The zero-order valence-electron chi connectivity index (χ0n) is 8.38. The van der Waals surface area contributed by atoms with E-state index in [0.29, 0.717) is 4.73 Å². The SMILES string of the molecule is Cc1c(C(=O)O)[n+]([O-])c2ccccc2[n+]1[O-]. The fraction of sp³-hybridized carbons (Fsp3) is 0.100. The molecule has 0 saturated heterocycles. The number of hydrogen-bond donors (Lipinski definition) is 1. The number of aromatic carboxylic acids is 1. The third-order valence-electron chi connectivity index (χ3n) is 2.37. The molecular formula is C10H8N2O4. The molecule has 16 heavy (non-hydrogen) atoms. The van der Waals surface area contributed by atoms with Crippen molar-refractivity contribution in [1.82, 2.24) is 0 Å². The summed E-state index contributed by atoms with van der Waals surface area (Å²) in [5.74, 6) is -1.41. The van der Waals surface area contributed by atoms with E-state index in [1.807, 2.05) is 0 Å². The van der Waals surface area contributed by atoms with Crippen molar-refractivity contribution in [2.45, 2.75) is 6.92 Å². The van der Waals surface area contributed by atoms with Crippen molar-refractivity contribution in [2.75, 3.05) is 0 Å². The second kappa shape index (κ2) is 3.34. The molecule has 0 saturated carbocycles. The Bertz CT molecular complexity index is 595. The fourth-order valence-corrected chi connectivity index (χ4v) is 1.59. The standard InChI is InChI=1S/C10H8N2O4/c1-6-9(10(13)14)12(16)8-5-3-2-4-7(8)11(6)15/h2-5H,1H3,(H,13,14). The summed E-state index contributed by atoms with van der Waals surface area (Å²) in [7, 11) is 0. The average molecular weight is 220 g/mol. The van der Waals surface area contributed by atoms with E-state index in [0.717, 1.165) is 0 Å². The summed E-state index contributed by atoms with van der Waals surface area (Å²) in [6, 6.07) is 6.05. The van der Waals surface area contributed by atoms with Crippen molar-refractivity contribution < 1.29 is 19.4 Å². The van der Waals surface area contributed by atoms with Gasteiger partial charge in [-0.25, -0.2) is 4.79 Å². The van der Waals surface area contributed by atoms with Gasteiger partial charge in [-0.15, -0.1) is 4.73 Å². The Balaban J connectivity index is 3.00. The Morgan fingerprint density at radius 3 is 2.19 bits per heavy atom. The summed E-state index contributed by atoms with van der Waals surface area (Å²) in [5.41, 5.74) is -0.476. The topological polar surface area (TPSA) is 91.2 Å². The number of carboxylic acids is 1. The monoisotopic (exact) mass is 220 g/mol. The van der Waals surface area contributed by atoms with Crippen molar-refractivity contribution in [3.63, 3.8) is 0 Å². The summed E-state index contributed by atoms with van der Waals surface area (Å²) in [6.45, 7) is 1.30.